The minimum Gasteiger partial charge on any atom is -0.392 e. The zero-order chi connectivity index (χ0) is 26.4. The molecular weight excluding hydrogens is 500 g/mol. The van der Waals surface area contributed by atoms with Crippen LogP contribution in [0.25, 0.3) is 0 Å². The molecule has 0 amide bonds. The van der Waals surface area contributed by atoms with E-state index in [1.165, 1.54) is 0 Å². The van der Waals surface area contributed by atoms with E-state index in [9.17, 15) is 27.0 Å². The first kappa shape index (κ1) is 27.3. The van der Waals surface area contributed by atoms with Crippen LogP contribution in [0.5, 0.6) is 0 Å². The summed E-state index contributed by atoms with van der Waals surface area (Å²) in [5, 5.41) is 21.7. The van der Waals surface area contributed by atoms with E-state index in [0.717, 1.165) is 25.7 Å². The van der Waals surface area contributed by atoms with Crippen molar-refractivity contribution in [1.82, 2.24) is 9.44 Å². The molecular formula is C26H46N2O6S2. The van der Waals surface area contributed by atoms with Gasteiger partial charge in [0.2, 0.25) is 20.0 Å². The summed E-state index contributed by atoms with van der Waals surface area (Å²) in [6.07, 6.45) is 6.17. The number of fused-ring (bicyclic) bond motifs is 4. The van der Waals surface area contributed by atoms with Crippen LogP contribution in [0.2, 0.25) is 0 Å². The normalized spacial score (nSPS) is 45.4. The number of aliphatic hydroxyl groups is 2. The van der Waals surface area contributed by atoms with E-state index in [1.807, 2.05) is 0 Å². The van der Waals surface area contributed by atoms with Crippen LogP contribution in [0.1, 0.15) is 91.9 Å². The summed E-state index contributed by atoms with van der Waals surface area (Å²) in [6.45, 7) is 8.33. The van der Waals surface area contributed by atoms with Crippen molar-refractivity contribution >= 4 is 20.0 Å². The zero-order valence-corrected chi connectivity index (χ0v) is 23.9. The molecule has 5 aliphatic carbocycles. The molecule has 0 unspecified atom stereocenters. The van der Waals surface area contributed by atoms with Crippen molar-refractivity contribution in [3.05, 3.63) is 0 Å². The van der Waals surface area contributed by atoms with Crippen molar-refractivity contribution < 1.29 is 27.0 Å². The van der Waals surface area contributed by atoms with Gasteiger partial charge in [0.15, 0.2) is 0 Å². The molecule has 5 saturated carbocycles. The number of sulfonamides is 2. The van der Waals surface area contributed by atoms with E-state index in [-0.39, 0.29) is 22.3 Å². The maximum atomic E-state index is 13.5. The number of hydrogen-bond donors (Lipinski definition) is 4. The predicted molar refractivity (Wildman–Crippen MR) is 139 cm³/mol. The lowest BCUT2D eigenvalue weighted by atomic mass is 9.70. The fourth-order valence-corrected chi connectivity index (χ4v) is 13.8. The third-order valence-corrected chi connectivity index (χ3v) is 15.2. The minimum absolute atomic E-state index is 0.120. The molecule has 0 aromatic heterocycles. The molecule has 0 aromatic carbocycles. The molecule has 0 heterocycles. The number of rotatable bonds is 8. The molecule has 0 aromatic rings. The second-order valence-electron chi connectivity index (χ2n) is 14.0. The summed E-state index contributed by atoms with van der Waals surface area (Å²) in [5.74, 6) is 0.431. The zero-order valence-electron chi connectivity index (χ0n) is 22.3. The van der Waals surface area contributed by atoms with E-state index < -0.39 is 55.2 Å². The van der Waals surface area contributed by atoms with Gasteiger partial charge in [-0.3, -0.25) is 0 Å². The molecule has 4 bridgehead atoms. The molecule has 5 fully saturated rings. The Morgan fingerprint density at radius 1 is 0.667 bits per heavy atom. The molecule has 5 aliphatic rings. The van der Waals surface area contributed by atoms with E-state index in [0.29, 0.717) is 50.4 Å². The molecule has 0 saturated heterocycles. The van der Waals surface area contributed by atoms with Gasteiger partial charge in [-0.15, -0.1) is 0 Å². The van der Waals surface area contributed by atoms with Crippen molar-refractivity contribution in [3.8, 4) is 0 Å². The van der Waals surface area contributed by atoms with Crippen molar-refractivity contribution in [1.29, 1.82) is 0 Å². The van der Waals surface area contributed by atoms with Crippen LogP contribution in [0.4, 0.5) is 0 Å². The van der Waals surface area contributed by atoms with E-state index in [2.05, 4.69) is 37.1 Å². The average Bonchev–Trinajstić information content (AvgIpc) is 3.27. The standard InChI is InChI=1S/C26H46N2O6S2/c1-23(2)17-9-11-25(23,21(29)13-17)15-35(31,32)27-19-7-5-6-8-20(19)28-36(33,34)16-26-12-10-18(14-22(26)30)24(26,3)4/h17-22,27-30H,5-16H2,1-4H3/t17-,18-,19-,20-,21-,22-,25-,26-/m1/s1. The van der Waals surface area contributed by atoms with Crippen LogP contribution in [-0.2, 0) is 20.0 Å². The van der Waals surface area contributed by atoms with Gasteiger partial charge in [-0.05, 0) is 74.0 Å². The Morgan fingerprint density at radius 3 is 1.31 bits per heavy atom. The van der Waals surface area contributed by atoms with Gasteiger partial charge in [0.05, 0.1) is 23.7 Å². The van der Waals surface area contributed by atoms with Crippen molar-refractivity contribution in [3.63, 3.8) is 0 Å². The highest BCUT2D eigenvalue weighted by Gasteiger charge is 2.66. The number of nitrogens with one attached hydrogen (secondary N) is 2. The Labute approximate surface area is 217 Å². The van der Waals surface area contributed by atoms with Gasteiger partial charge in [0.25, 0.3) is 0 Å². The van der Waals surface area contributed by atoms with Gasteiger partial charge in [0.1, 0.15) is 0 Å². The highest BCUT2D eigenvalue weighted by molar-refractivity contribution is 7.89. The summed E-state index contributed by atoms with van der Waals surface area (Å²) in [6, 6.07) is -1.02. The molecule has 208 valence electrons. The van der Waals surface area contributed by atoms with Crippen LogP contribution in [0.3, 0.4) is 0 Å². The first-order chi connectivity index (χ1) is 16.6. The first-order valence-electron chi connectivity index (χ1n) is 13.9. The van der Waals surface area contributed by atoms with Gasteiger partial charge in [0, 0.05) is 22.9 Å². The lowest BCUT2D eigenvalue weighted by molar-refractivity contribution is 0.0148. The largest absolute Gasteiger partial charge is 0.392 e. The van der Waals surface area contributed by atoms with Gasteiger partial charge >= 0.3 is 0 Å². The highest BCUT2D eigenvalue weighted by atomic mass is 32.2. The van der Waals surface area contributed by atoms with Crippen molar-refractivity contribution in [2.24, 2.45) is 33.5 Å². The predicted octanol–water partition coefficient (Wildman–Crippen LogP) is 2.51. The Hall–Kier alpha value is -0.260. The van der Waals surface area contributed by atoms with Gasteiger partial charge in [-0.1, -0.05) is 40.5 Å². The topological polar surface area (TPSA) is 133 Å². The van der Waals surface area contributed by atoms with Crippen molar-refractivity contribution in [2.75, 3.05) is 11.5 Å². The Bertz CT molecular complexity index is 1000. The minimum atomic E-state index is -3.75. The smallest absolute Gasteiger partial charge is 0.212 e. The lowest BCUT2D eigenvalue weighted by Crippen LogP contribution is -2.57. The first-order valence-corrected chi connectivity index (χ1v) is 17.2. The van der Waals surface area contributed by atoms with Gasteiger partial charge in [-0.2, -0.15) is 0 Å². The second kappa shape index (κ2) is 8.62. The molecule has 0 radical (unpaired) electrons. The Balaban J connectivity index is 1.30. The fraction of sp³-hybridized carbons (Fsp3) is 1.00. The Morgan fingerprint density at radius 2 is 1.03 bits per heavy atom. The SMILES string of the molecule is CC1(C)[C@@H]2CC[C@@]1(CS(=O)(=O)N[C@@H]1CCCC[C@H]1NS(=O)(=O)C[C@]13CC[C@H](C[C@H]1O)C3(C)C)[C@H](O)C2. The lowest BCUT2D eigenvalue weighted by Gasteiger charge is -2.42. The summed E-state index contributed by atoms with van der Waals surface area (Å²) in [7, 11) is -7.49. The second-order valence-corrected chi connectivity index (χ2v) is 17.5. The third kappa shape index (κ3) is 4.03. The molecule has 8 nitrogen and oxygen atoms in total. The van der Waals surface area contributed by atoms with Gasteiger partial charge < -0.3 is 10.2 Å². The number of aliphatic hydroxyl groups excluding tert-OH is 2. The van der Waals surface area contributed by atoms with Crippen LogP contribution < -0.4 is 9.44 Å². The van der Waals surface area contributed by atoms with Crippen LogP contribution >= 0.6 is 0 Å². The summed E-state index contributed by atoms with van der Waals surface area (Å²) in [4.78, 5) is 0. The molecule has 8 atom stereocenters. The summed E-state index contributed by atoms with van der Waals surface area (Å²) in [5.41, 5.74) is -1.81. The number of hydrogen-bond acceptors (Lipinski definition) is 6. The van der Waals surface area contributed by atoms with Crippen molar-refractivity contribution in [2.45, 2.75) is 116 Å². The van der Waals surface area contributed by atoms with E-state index >= 15 is 0 Å². The monoisotopic (exact) mass is 546 g/mol. The average molecular weight is 547 g/mol. The Kier molecular flexibility index (Phi) is 6.54. The highest BCUT2D eigenvalue weighted by Crippen LogP contribution is 2.67. The van der Waals surface area contributed by atoms with E-state index in [4.69, 9.17) is 0 Å². The fourth-order valence-electron chi connectivity index (χ4n) is 9.39. The van der Waals surface area contributed by atoms with E-state index in [1.54, 1.807) is 0 Å². The molecule has 36 heavy (non-hydrogen) atoms. The summed E-state index contributed by atoms with van der Waals surface area (Å²) >= 11 is 0. The summed E-state index contributed by atoms with van der Waals surface area (Å²) < 4.78 is 59.6. The molecule has 10 heteroatoms. The molecule has 0 spiro atoms. The van der Waals surface area contributed by atoms with Crippen LogP contribution in [0, 0.1) is 33.5 Å². The maximum Gasteiger partial charge on any atom is 0.212 e. The van der Waals surface area contributed by atoms with Gasteiger partial charge in [-0.25, -0.2) is 26.3 Å². The molecule has 0 aliphatic heterocycles. The van der Waals surface area contributed by atoms with Crippen LogP contribution in [-0.4, -0.2) is 62.8 Å². The molecule has 4 N–H and O–H groups in total. The molecule has 5 rings (SSSR count). The van der Waals surface area contributed by atoms with Crippen LogP contribution in [0.15, 0.2) is 0 Å². The maximum absolute atomic E-state index is 13.5. The third-order valence-electron chi connectivity index (χ3n) is 12.1. The quantitative estimate of drug-likeness (QED) is 0.370.